The molecule has 5 nitrogen and oxygen atoms in total. The molecule has 1 N–H and O–H groups in total. The van der Waals surface area contributed by atoms with Crippen LogP contribution in [0.2, 0.25) is 0 Å². The van der Waals surface area contributed by atoms with Gasteiger partial charge in [0, 0.05) is 6.04 Å². The summed E-state index contributed by atoms with van der Waals surface area (Å²) < 4.78 is 0. The molecule has 0 saturated heterocycles. The van der Waals surface area contributed by atoms with Crippen LogP contribution in [0.15, 0.2) is 24.3 Å². The molecule has 3 amide bonds. The smallest absolute Gasteiger partial charge is 0.262 e. The molecule has 0 radical (unpaired) electrons. The first-order valence-electron chi connectivity index (χ1n) is 6.79. The number of nitrogens with one attached hydrogen (secondary N) is 1. The van der Waals surface area contributed by atoms with Gasteiger partial charge in [-0.05, 0) is 25.5 Å². The largest absolute Gasteiger partial charge is 0.352 e. The zero-order valence-corrected chi connectivity index (χ0v) is 11.7. The molecule has 20 heavy (non-hydrogen) atoms. The molecule has 1 aliphatic heterocycles. The van der Waals surface area contributed by atoms with Crippen molar-refractivity contribution in [3.63, 3.8) is 0 Å². The second kappa shape index (κ2) is 5.86. The molecule has 2 rings (SSSR count). The predicted octanol–water partition coefficient (Wildman–Crippen LogP) is 1.59. The Morgan fingerprint density at radius 2 is 1.75 bits per heavy atom. The number of nitrogens with zero attached hydrogens (tertiary/aromatic N) is 1. The van der Waals surface area contributed by atoms with Crippen LogP contribution in [-0.2, 0) is 4.79 Å². The first-order valence-corrected chi connectivity index (χ1v) is 6.79. The Balaban J connectivity index is 2.04. The van der Waals surface area contributed by atoms with Crippen molar-refractivity contribution in [2.24, 2.45) is 0 Å². The van der Waals surface area contributed by atoms with Crippen LogP contribution in [0.25, 0.3) is 0 Å². The van der Waals surface area contributed by atoms with E-state index in [2.05, 4.69) is 5.32 Å². The topological polar surface area (TPSA) is 66.5 Å². The summed E-state index contributed by atoms with van der Waals surface area (Å²) in [4.78, 5) is 37.0. The van der Waals surface area contributed by atoms with Gasteiger partial charge in [0.2, 0.25) is 5.91 Å². The van der Waals surface area contributed by atoms with Crippen LogP contribution in [0.5, 0.6) is 0 Å². The van der Waals surface area contributed by atoms with Crippen LogP contribution in [-0.4, -0.2) is 35.2 Å². The quantitative estimate of drug-likeness (QED) is 0.829. The highest BCUT2D eigenvalue weighted by atomic mass is 16.2. The third-order valence-electron chi connectivity index (χ3n) is 3.31. The second-order valence-electron chi connectivity index (χ2n) is 5.00. The van der Waals surface area contributed by atoms with Crippen molar-refractivity contribution in [1.82, 2.24) is 10.2 Å². The molecular weight excluding hydrogens is 256 g/mol. The van der Waals surface area contributed by atoms with Crippen molar-refractivity contribution in [2.45, 2.75) is 32.7 Å². The highest BCUT2D eigenvalue weighted by molar-refractivity contribution is 6.22. The monoisotopic (exact) mass is 274 g/mol. The lowest BCUT2D eigenvalue weighted by Gasteiger charge is -2.17. The molecule has 0 fully saturated rings. The third kappa shape index (κ3) is 2.71. The number of benzene rings is 1. The lowest BCUT2D eigenvalue weighted by atomic mass is 10.1. The third-order valence-corrected chi connectivity index (χ3v) is 3.31. The highest BCUT2D eigenvalue weighted by Crippen LogP contribution is 2.21. The summed E-state index contributed by atoms with van der Waals surface area (Å²) >= 11 is 0. The molecule has 0 aliphatic carbocycles. The Bertz CT molecular complexity index is 519. The summed E-state index contributed by atoms with van der Waals surface area (Å²) in [6, 6.07) is 6.66. The van der Waals surface area contributed by atoms with Crippen LogP contribution in [0.1, 0.15) is 47.4 Å². The van der Waals surface area contributed by atoms with Crippen molar-refractivity contribution in [2.75, 3.05) is 6.54 Å². The molecule has 106 valence electrons. The Hall–Kier alpha value is -2.17. The molecule has 1 aromatic rings. The van der Waals surface area contributed by atoms with E-state index in [9.17, 15) is 14.4 Å². The van der Waals surface area contributed by atoms with Gasteiger partial charge in [0.15, 0.2) is 0 Å². The zero-order valence-electron chi connectivity index (χ0n) is 11.7. The van der Waals surface area contributed by atoms with Gasteiger partial charge in [-0.3, -0.25) is 19.3 Å². The van der Waals surface area contributed by atoms with Crippen LogP contribution >= 0.6 is 0 Å². The maximum atomic E-state index is 12.1. The fourth-order valence-corrected chi connectivity index (χ4v) is 2.35. The van der Waals surface area contributed by atoms with E-state index in [1.54, 1.807) is 24.3 Å². The summed E-state index contributed by atoms with van der Waals surface area (Å²) in [5.41, 5.74) is 0.735. The van der Waals surface area contributed by atoms with Crippen molar-refractivity contribution in [3.05, 3.63) is 35.4 Å². The number of carbonyl (C=O) groups is 3. The van der Waals surface area contributed by atoms with Crippen LogP contribution < -0.4 is 5.32 Å². The van der Waals surface area contributed by atoms with Gasteiger partial charge in [-0.25, -0.2) is 0 Å². The van der Waals surface area contributed by atoms with Crippen molar-refractivity contribution in [3.8, 4) is 0 Å². The standard InChI is InChI=1S/C15H18N2O3/c1-3-6-10(2)16-13(18)9-17-14(19)11-7-4-5-8-12(11)15(17)20/h4-5,7-8,10H,3,6,9H2,1-2H3,(H,16,18)/t10-/m1/s1. The summed E-state index contributed by atoms with van der Waals surface area (Å²) in [6.45, 7) is 3.72. The van der Waals surface area contributed by atoms with Crippen LogP contribution in [0, 0.1) is 0 Å². The van der Waals surface area contributed by atoms with Crippen LogP contribution in [0.3, 0.4) is 0 Å². The van der Waals surface area contributed by atoms with E-state index in [1.165, 1.54) is 0 Å². The van der Waals surface area contributed by atoms with Gasteiger partial charge < -0.3 is 5.32 Å². The molecule has 0 spiro atoms. The number of hydrogen-bond donors (Lipinski definition) is 1. The van der Waals surface area contributed by atoms with E-state index in [0.29, 0.717) is 11.1 Å². The Morgan fingerprint density at radius 1 is 1.20 bits per heavy atom. The Morgan fingerprint density at radius 3 is 2.25 bits per heavy atom. The van der Waals surface area contributed by atoms with Crippen molar-refractivity contribution < 1.29 is 14.4 Å². The molecule has 5 heteroatoms. The number of rotatable bonds is 5. The average molecular weight is 274 g/mol. The van der Waals surface area contributed by atoms with Crippen molar-refractivity contribution >= 4 is 17.7 Å². The number of imide groups is 1. The van der Waals surface area contributed by atoms with E-state index in [1.807, 2.05) is 13.8 Å². The molecule has 1 aliphatic rings. The zero-order chi connectivity index (χ0) is 14.7. The van der Waals surface area contributed by atoms with Gasteiger partial charge in [-0.2, -0.15) is 0 Å². The van der Waals surface area contributed by atoms with E-state index in [4.69, 9.17) is 0 Å². The minimum Gasteiger partial charge on any atom is -0.352 e. The molecule has 0 unspecified atom stereocenters. The fraction of sp³-hybridized carbons (Fsp3) is 0.400. The maximum absolute atomic E-state index is 12.1. The number of amides is 3. The highest BCUT2D eigenvalue weighted by Gasteiger charge is 2.36. The van der Waals surface area contributed by atoms with Gasteiger partial charge in [0.05, 0.1) is 11.1 Å². The van der Waals surface area contributed by atoms with E-state index in [-0.39, 0.29) is 18.5 Å². The minimum atomic E-state index is -0.399. The number of hydrogen-bond acceptors (Lipinski definition) is 3. The van der Waals surface area contributed by atoms with Gasteiger partial charge in [0.25, 0.3) is 11.8 Å². The lowest BCUT2D eigenvalue weighted by Crippen LogP contribution is -2.43. The molecule has 1 aromatic carbocycles. The molecule has 0 aromatic heterocycles. The first kappa shape index (κ1) is 14.2. The van der Waals surface area contributed by atoms with E-state index in [0.717, 1.165) is 17.7 Å². The fourth-order valence-electron chi connectivity index (χ4n) is 2.35. The van der Waals surface area contributed by atoms with E-state index < -0.39 is 11.8 Å². The van der Waals surface area contributed by atoms with Gasteiger partial charge in [-0.15, -0.1) is 0 Å². The first-order chi connectivity index (χ1) is 9.54. The normalized spacial score (nSPS) is 15.2. The van der Waals surface area contributed by atoms with E-state index >= 15 is 0 Å². The second-order valence-corrected chi connectivity index (χ2v) is 5.00. The summed E-state index contributed by atoms with van der Waals surface area (Å²) in [5.74, 6) is -1.10. The molecule has 1 atom stereocenters. The van der Waals surface area contributed by atoms with Gasteiger partial charge in [0.1, 0.15) is 6.54 Å². The molecule has 0 saturated carbocycles. The van der Waals surface area contributed by atoms with Gasteiger partial charge >= 0.3 is 0 Å². The number of fused-ring (bicyclic) bond motifs is 1. The molecule has 0 bridgehead atoms. The number of carbonyl (C=O) groups excluding carboxylic acids is 3. The summed E-state index contributed by atoms with van der Waals surface area (Å²) in [6.07, 6.45) is 1.84. The summed E-state index contributed by atoms with van der Waals surface area (Å²) in [5, 5.41) is 2.79. The molecular formula is C15H18N2O3. The minimum absolute atomic E-state index is 0.0442. The maximum Gasteiger partial charge on any atom is 0.262 e. The van der Waals surface area contributed by atoms with Crippen LogP contribution in [0.4, 0.5) is 0 Å². The lowest BCUT2D eigenvalue weighted by molar-refractivity contribution is -0.122. The van der Waals surface area contributed by atoms with Gasteiger partial charge in [-0.1, -0.05) is 25.5 Å². The molecule has 1 heterocycles. The Kier molecular flexibility index (Phi) is 4.17. The summed E-state index contributed by atoms with van der Waals surface area (Å²) in [7, 11) is 0. The predicted molar refractivity (Wildman–Crippen MR) is 74.3 cm³/mol. The SMILES string of the molecule is CCC[C@@H](C)NC(=O)CN1C(=O)c2ccccc2C1=O. The van der Waals surface area contributed by atoms with Crippen molar-refractivity contribution in [1.29, 1.82) is 0 Å². The average Bonchev–Trinajstić information content (AvgIpc) is 2.65. The Labute approximate surface area is 118 Å².